The van der Waals surface area contributed by atoms with E-state index in [9.17, 15) is 9.90 Å². The van der Waals surface area contributed by atoms with Crippen molar-refractivity contribution in [3.63, 3.8) is 0 Å². The summed E-state index contributed by atoms with van der Waals surface area (Å²) in [6, 6.07) is 5.68. The van der Waals surface area contributed by atoms with Gasteiger partial charge in [-0.15, -0.1) is 0 Å². The van der Waals surface area contributed by atoms with Gasteiger partial charge < -0.3 is 5.11 Å². The Morgan fingerprint density at radius 3 is 1.90 bits per heavy atom. The Bertz CT molecular complexity index is 457. The van der Waals surface area contributed by atoms with Gasteiger partial charge in [-0.25, -0.2) is 0 Å². The SMILES string of the molecule is CC(C)(C)/C=C\C=O.Cc1c(O)cccc1C(C)(C)C. The number of phenolic OH excluding ortho intramolecular Hbond substituents is 1. The molecule has 1 aromatic carbocycles. The van der Waals surface area contributed by atoms with E-state index in [0.29, 0.717) is 5.75 Å². The maximum absolute atomic E-state index is 9.76. The molecule has 0 saturated heterocycles. The summed E-state index contributed by atoms with van der Waals surface area (Å²) in [4.78, 5) is 9.76. The van der Waals surface area contributed by atoms with Gasteiger partial charge in [0.25, 0.3) is 0 Å². The highest BCUT2D eigenvalue weighted by Crippen LogP contribution is 2.29. The van der Waals surface area contributed by atoms with Crippen LogP contribution in [0.2, 0.25) is 0 Å². The Morgan fingerprint density at radius 2 is 1.60 bits per heavy atom. The van der Waals surface area contributed by atoms with Crippen LogP contribution >= 0.6 is 0 Å². The standard InChI is InChI=1S/C11H16O.C7H12O/c1-8-9(11(2,3)4)6-5-7-10(8)12;1-7(2,3)5-4-6-8/h5-7,12H,1-4H3;4-6H,1-3H3/b;5-4-. The molecular formula is C18H28O2. The smallest absolute Gasteiger partial charge is 0.142 e. The molecule has 0 spiro atoms. The van der Waals surface area contributed by atoms with Crippen LogP contribution in [0.5, 0.6) is 5.75 Å². The number of phenols is 1. The molecule has 0 unspecified atom stereocenters. The highest BCUT2D eigenvalue weighted by atomic mass is 16.3. The van der Waals surface area contributed by atoms with E-state index in [2.05, 4.69) is 26.8 Å². The summed E-state index contributed by atoms with van der Waals surface area (Å²) in [5.74, 6) is 0.391. The lowest BCUT2D eigenvalue weighted by Crippen LogP contribution is -2.12. The molecule has 1 N–H and O–H groups in total. The van der Waals surface area contributed by atoms with E-state index in [1.807, 2.05) is 39.8 Å². The van der Waals surface area contributed by atoms with Crippen LogP contribution in [0.3, 0.4) is 0 Å². The average Bonchev–Trinajstić information content (AvgIpc) is 2.28. The number of aldehydes is 1. The zero-order valence-electron chi connectivity index (χ0n) is 13.8. The first kappa shape index (κ1) is 18.4. The highest BCUT2D eigenvalue weighted by Gasteiger charge is 2.16. The second-order valence-corrected chi connectivity index (χ2v) is 7.06. The second kappa shape index (κ2) is 7.28. The first-order valence-corrected chi connectivity index (χ1v) is 6.91. The zero-order chi connectivity index (χ0) is 16.0. The first-order chi connectivity index (χ1) is 8.99. The molecule has 1 aromatic rings. The lowest BCUT2D eigenvalue weighted by atomic mass is 9.84. The number of allylic oxidation sites excluding steroid dienone is 2. The minimum Gasteiger partial charge on any atom is -0.508 e. The van der Waals surface area contributed by atoms with Crippen molar-refractivity contribution in [3.05, 3.63) is 41.5 Å². The molecule has 2 nitrogen and oxygen atoms in total. The lowest BCUT2D eigenvalue weighted by Gasteiger charge is -2.21. The Balaban J connectivity index is 0.000000396. The summed E-state index contributed by atoms with van der Waals surface area (Å²) >= 11 is 0. The maximum Gasteiger partial charge on any atom is 0.142 e. The van der Waals surface area contributed by atoms with E-state index in [1.54, 1.807) is 6.07 Å². The quantitative estimate of drug-likeness (QED) is 0.591. The third kappa shape index (κ3) is 7.13. The van der Waals surface area contributed by atoms with E-state index >= 15 is 0 Å². The molecule has 0 atom stereocenters. The summed E-state index contributed by atoms with van der Waals surface area (Å²) in [7, 11) is 0. The van der Waals surface area contributed by atoms with E-state index in [-0.39, 0.29) is 10.8 Å². The molecule has 0 aliphatic carbocycles. The number of benzene rings is 1. The predicted octanol–water partition coefficient (Wildman–Crippen LogP) is 4.79. The summed E-state index contributed by atoms with van der Waals surface area (Å²) in [6.45, 7) is 14.5. The number of aromatic hydroxyl groups is 1. The van der Waals surface area contributed by atoms with Crippen LogP contribution in [0, 0.1) is 12.3 Å². The Morgan fingerprint density at radius 1 is 1.05 bits per heavy atom. The predicted molar refractivity (Wildman–Crippen MR) is 86.2 cm³/mol. The van der Waals surface area contributed by atoms with Gasteiger partial charge in [0, 0.05) is 0 Å². The van der Waals surface area contributed by atoms with Gasteiger partial charge in [0.2, 0.25) is 0 Å². The Labute approximate surface area is 123 Å². The number of hydrogen-bond acceptors (Lipinski definition) is 2. The second-order valence-electron chi connectivity index (χ2n) is 7.06. The maximum atomic E-state index is 9.76. The van der Waals surface area contributed by atoms with Crippen molar-refractivity contribution in [2.45, 2.75) is 53.9 Å². The normalized spacial score (nSPS) is 11.9. The fourth-order valence-electron chi connectivity index (χ4n) is 1.76. The van der Waals surface area contributed by atoms with Gasteiger partial charge in [-0.1, -0.05) is 59.8 Å². The van der Waals surface area contributed by atoms with Crippen LogP contribution < -0.4 is 0 Å². The minimum absolute atomic E-state index is 0.114. The third-order valence-corrected chi connectivity index (χ3v) is 2.79. The van der Waals surface area contributed by atoms with Gasteiger partial charge in [0.05, 0.1) is 0 Å². The van der Waals surface area contributed by atoms with Crippen LogP contribution in [0.4, 0.5) is 0 Å². The topological polar surface area (TPSA) is 37.3 Å². The molecule has 0 aliphatic rings. The molecular weight excluding hydrogens is 248 g/mol. The van der Waals surface area contributed by atoms with Crippen LogP contribution in [0.1, 0.15) is 52.7 Å². The average molecular weight is 276 g/mol. The Hall–Kier alpha value is -1.57. The van der Waals surface area contributed by atoms with Gasteiger partial charge in [0.1, 0.15) is 12.0 Å². The summed E-state index contributed by atoms with van der Waals surface area (Å²) in [5, 5.41) is 9.46. The number of rotatable bonds is 1. The van der Waals surface area contributed by atoms with Crippen molar-refractivity contribution in [1.82, 2.24) is 0 Å². The summed E-state index contributed by atoms with van der Waals surface area (Å²) in [5.41, 5.74) is 2.46. The van der Waals surface area contributed by atoms with Gasteiger partial charge >= 0.3 is 0 Å². The van der Waals surface area contributed by atoms with E-state index in [4.69, 9.17) is 0 Å². The molecule has 0 radical (unpaired) electrons. The van der Waals surface area contributed by atoms with Crippen LogP contribution in [0.15, 0.2) is 30.4 Å². The molecule has 0 fully saturated rings. The molecule has 0 bridgehead atoms. The Kier molecular flexibility index (Phi) is 6.70. The largest absolute Gasteiger partial charge is 0.508 e. The van der Waals surface area contributed by atoms with E-state index < -0.39 is 0 Å². The summed E-state index contributed by atoms with van der Waals surface area (Å²) in [6.07, 6.45) is 4.20. The minimum atomic E-state index is 0.114. The lowest BCUT2D eigenvalue weighted by molar-refractivity contribution is -0.104. The number of carbonyl (C=O) groups excluding carboxylic acids is 1. The van der Waals surface area contributed by atoms with Crippen LogP contribution in [-0.4, -0.2) is 11.4 Å². The van der Waals surface area contributed by atoms with Crippen molar-refractivity contribution >= 4 is 6.29 Å². The molecule has 2 heteroatoms. The van der Waals surface area contributed by atoms with Gasteiger partial charge in [-0.05, 0) is 41.0 Å². The molecule has 20 heavy (non-hydrogen) atoms. The van der Waals surface area contributed by atoms with Crippen molar-refractivity contribution in [3.8, 4) is 5.75 Å². The highest BCUT2D eigenvalue weighted by molar-refractivity contribution is 5.64. The van der Waals surface area contributed by atoms with Crippen molar-refractivity contribution in [1.29, 1.82) is 0 Å². The fraction of sp³-hybridized carbons (Fsp3) is 0.500. The molecule has 1 rings (SSSR count). The number of hydrogen-bond donors (Lipinski definition) is 1. The van der Waals surface area contributed by atoms with Crippen molar-refractivity contribution in [2.75, 3.05) is 0 Å². The molecule has 0 amide bonds. The third-order valence-electron chi connectivity index (χ3n) is 2.79. The molecule has 0 aliphatic heterocycles. The zero-order valence-corrected chi connectivity index (χ0v) is 13.8. The first-order valence-electron chi connectivity index (χ1n) is 6.91. The van der Waals surface area contributed by atoms with Gasteiger partial charge in [0.15, 0.2) is 0 Å². The van der Waals surface area contributed by atoms with Crippen molar-refractivity contribution in [2.24, 2.45) is 5.41 Å². The molecule has 0 saturated carbocycles. The van der Waals surface area contributed by atoms with Gasteiger partial charge in [-0.2, -0.15) is 0 Å². The number of carbonyl (C=O) groups is 1. The van der Waals surface area contributed by atoms with E-state index in [1.165, 1.54) is 11.6 Å². The fourth-order valence-corrected chi connectivity index (χ4v) is 1.76. The molecule has 0 heterocycles. The molecule has 0 aromatic heterocycles. The monoisotopic (exact) mass is 276 g/mol. The van der Waals surface area contributed by atoms with E-state index in [0.717, 1.165) is 11.8 Å². The van der Waals surface area contributed by atoms with Crippen LogP contribution in [0.25, 0.3) is 0 Å². The van der Waals surface area contributed by atoms with Gasteiger partial charge in [-0.3, -0.25) is 4.79 Å². The van der Waals surface area contributed by atoms with Crippen molar-refractivity contribution < 1.29 is 9.90 Å². The molecule has 112 valence electrons. The summed E-state index contributed by atoms with van der Waals surface area (Å²) < 4.78 is 0. The van der Waals surface area contributed by atoms with Crippen LogP contribution in [-0.2, 0) is 10.2 Å².